The van der Waals surface area contributed by atoms with Crippen molar-refractivity contribution in [1.29, 1.82) is 0 Å². The van der Waals surface area contributed by atoms with Crippen LogP contribution >= 0.6 is 0 Å². The molecule has 0 atom stereocenters. The largest absolute Gasteiger partial charge is 0.573 e. The summed E-state index contributed by atoms with van der Waals surface area (Å²) in [6.07, 6.45) is -3.29. The van der Waals surface area contributed by atoms with Gasteiger partial charge in [-0.2, -0.15) is 0 Å². The number of aromatic nitrogens is 1. The van der Waals surface area contributed by atoms with Gasteiger partial charge in [-0.15, -0.1) is 13.2 Å². The number of ether oxygens (including phenoxy) is 1. The number of halogens is 3. The van der Waals surface area contributed by atoms with Gasteiger partial charge >= 0.3 is 6.36 Å². The Balaban J connectivity index is 1.81. The van der Waals surface area contributed by atoms with Crippen molar-refractivity contribution in [1.82, 2.24) is 4.98 Å². The Kier molecular flexibility index (Phi) is 3.69. The van der Waals surface area contributed by atoms with E-state index in [4.69, 9.17) is 4.42 Å². The fourth-order valence-corrected chi connectivity index (χ4v) is 1.97. The molecule has 118 valence electrons. The fourth-order valence-electron chi connectivity index (χ4n) is 1.97. The number of phenolic OH excluding ortho intramolecular Hbond substituents is 1. The van der Waals surface area contributed by atoms with Crippen molar-refractivity contribution in [3.63, 3.8) is 0 Å². The maximum Gasteiger partial charge on any atom is 0.573 e. The van der Waals surface area contributed by atoms with Crippen molar-refractivity contribution in [2.24, 2.45) is 0 Å². The zero-order valence-corrected chi connectivity index (χ0v) is 11.5. The van der Waals surface area contributed by atoms with Gasteiger partial charge in [0, 0.05) is 11.1 Å². The molecule has 0 aliphatic heterocycles. The second-order valence-electron chi connectivity index (χ2n) is 4.66. The van der Waals surface area contributed by atoms with Gasteiger partial charge < -0.3 is 14.3 Å². The van der Waals surface area contributed by atoms with Gasteiger partial charge in [-0.05, 0) is 48.5 Å². The summed E-state index contributed by atoms with van der Waals surface area (Å²) in [5.74, 6) is 0.0934. The standard InChI is InChI=1S/C16H10F3NO3/c17-16(18,19)23-13-7-3-11(4-8-13)15-20-14(9-22-15)10-1-5-12(21)6-2-10/h1-9,21H. The van der Waals surface area contributed by atoms with Crippen molar-refractivity contribution in [2.45, 2.75) is 6.36 Å². The molecule has 0 saturated carbocycles. The van der Waals surface area contributed by atoms with E-state index in [0.717, 1.165) is 5.56 Å². The highest BCUT2D eigenvalue weighted by molar-refractivity contribution is 5.63. The first kappa shape index (κ1) is 15.0. The molecule has 0 bridgehead atoms. The molecule has 0 unspecified atom stereocenters. The van der Waals surface area contributed by atoms with E-state index in [1.54, 1.807) is 12.1 Å². The zero-order valence-electron chi connectivity index (χ0n) is 11.5. The maximum atomic E-state index is 12.1. The third-order valence-corrected chi connectivity index (χ3v) is 3.00. The molecule has 0 saturated heterocycles. The Morgan fingerprint density at radius 1 is 0.913 bits per heavy atom. The average molecular weight is 321 g/mol. The highest BCUT2D eigenvalue weighted by atomic mass is 19.4. The molecule has 0 aliphatic carbocycles. The van der Waals surface area contributed by atoms with Crippen LogP contribution in [0.4, 0.5) is 13.2 Å². The Labute approximate surface area is 128 Å². The minimum atomic E-state index is -4.73. The number of hydrogen-bond donors (Lipinski definition) is 1. The van der Waals surface area contributed by atoms with Crippen molar-refractivity contribution in [2.75, 3.05) is 0 Å². The summed E-state index contributed by atoms with van der Waals surface area (Å²) < 4.78 is 45.5. The van der Waals surface area contributed by atoms with Crippen LogP contribution in [0.3, 0.4) is 0 Å². The van der Waals surface area contributed by atoms with E-state index < -0.39 is 6.36 Å². The predicted octanol–water partition coefficient (Wildman–Crippen LogP) is 4.61. The number of aromatic hydroxyl groups is 1. The quantitative estimate of drug-likeness (QED) is 0.765. The molecule has 0 fully saturated rings. The Hall–Kier alpha value is -2.96. The molecular formula is C16H10F3NO3. The molecular weight excluding hydrogens is 311 g/mol. The first-order valence-electron chi connectivity index (χ1n) is 6.52. The molecule has 3 rings (SSSR count). The number of oxazole rings is 1. The highest BCUT2D eigenvalue weighted by Gasteiger charge is 2.31. The number of phenols is 1. The van der Waals surface area contributed by atoms with Crippen LogP contribution < -0.4 is 4.74 Å². The van der Waals surface area contributed by atoms with Gasteiger partial charge in [-0.3, -0.25) is 0 Å². The number of nitrogens with zero attached hydrogens (tertiary/aromatic N) is 1. The molecule has 2 aromatic carbocycles. The highest BCUT2D eigenvalue weighted by Crippen LogP contribution is 2.28. The van der Waals surface area contributed by atoms with E-state index in [1.165, 1.54) is 42.7 Å². The smallest absolute Gasteiger partial charge is 0.508 e. The van der Waals surface area contributed by atoms with Gasteiger partial charge in [0.05, 0.1) is 0 Å². The SMILES string of the molecule is Oc1ccc(-c2coc(-c3ccc(OC(F)(F)F)cc3)n2)cc1. The van der Waals surface area contributed by atoms with Crippen molar-refractivity contribution < 1.29 is 27.4 Å². The lowest BCUT2D eigenvalue weighted by atomic mass is 10.1. The summed E-state index contributed by atoms with van der Waals surface area (Å²) in [4.78, 5) is 4.27. The Morgan fingerprint density at radius 2 is 1.52 bits per heavy atom. The monoisotopic (exact) mass is 321 g/mol. The molecule has 23 heavy (non-hydrogen) atoms. The summed E-state index contributed by atoms with van der Waals surface area (Å²) in [6, 6.07) is 11.6. The van der Waals surface area contributed by atoms with Gasteiger partial charge in [-0.1, -0.05) is 0 Å². The normalized spacial score (nSPS) is 11.4. The van der Waals surface area contributed by atoms with Gasteiger partial charge in [0.1, 0.15) is 23.5 Å². The molecule has 0 amide bonds. The lowest BCUT2D eigenvalue weighted by Gasteiger charge is -2.08. The Bertz CT molecular complexity index is 793. The van der Waals surface area contributed by atoms with E-state index in [2.05, 4.69) is 9.72 Å². The summed E-state index contributed by atoms with van der Waals surface area (Å²) in [7, 11) is 0. The summed E-state index contributed by atoms with van der Waals surface area (Å²) in [6.45, 7) is 0. The van der Waals surface area contributed by atoms with Crippen LogP contribution in [-0.4, -0.2) is 16.5 Å². The molecule has 7 heteroatoms. The van der Waals surface area contributed by atoms with Crippen molar-refractivity contribution in [3.05, 3.63) is 54.8 Å². The van der Waals surface area contributed by atoms with Crippen LogP contribution in [0.5, 0.6) is 11.5 Å². The first-order valence-corrected chi connectivity index (χ1v) is 6.52. The lowest BCUT2D eigenvalue weighted by molar-refractivity contribution is -0.274. The summed E-state index contributed by atoms with van der Waals surface area (Å²) >= 11 is 0. The molecule has 1 heterocycles. The second-order valence-corrected chi connectivity index (χ2v) is 4.66. The molecule has 0 aliphatic rings. The second kappa shape index (κ2) is 5.68. The van der Waals surface area contributed by atoms with Gasteiger partial charge in [0.2, 0.25) is 5.89 Å². The number of benzene rings is 2. The number of hydrogen-bond acceptors (Lipinski definition) is 4. The lowest BCUT2D eigenvalue weighted by Crippen LogP contribution is -2.16. The first-order chi connectivity index (χ1) is 10.9. The van der Waals surface area contributed by atoms with E-state index in [1.807, 2.05) is 0 Å². The van der Waals surface area contributed by atoms with Crippen LogP contribution in [0, 0.1) is 0 Å². The molecule has 1 N–H and O–H groups in total. The third-order valence-electron chi connectivity index (χ3n) is 3.00. The van der Waals surface area contributed by atoms with E-state index >= 15 is 0 Å². The Morgan fingerprint density at radius 3 is 2.13 bits per heavy atom. The van der Waals surface area contributed by atoms with Crippen LogP contribution in [0.15, 0.2) is 59.2 Å². The van der Waals surface area contributed by atoms with Crippen LogP contribution in [0.1, 0.15) is 0 Å². The minimum absolute atomic E-state index is 0.137. The van der Waals surface area contributed by atoms with Crippen molar-refractivity contribution in [3.8, 4) is 34.2 Å². The molecule has 0 radical (unpaired) electrons. The van der Waals surface area contributed by atoms with Crippen LogP contribution in [0.25, 0.3) is 22.7 Å². The van der Waals surface area contributed by atoms with Gasteiger partial charge in [-0.25, -0.2) is 4.98 Å². The van der Waals surface area contributed by atoms with Gasteiger partial charge in [0.25, 0.3) is 0 Å². The minimum Gasteiger partial charge on any atom is -0.508 e. The van der Waals surface area contributed by atoms with E-state index in [-0.39, 0.29) is 17.4 Å². The van der Waals surface area contributed by atoms with Crippen LogP contribution in [0.2, 0.25) is 0 Å². The summed E-state index contributed by atoms with van der Waals surface area (Å²) in [5, 5.41) is 9.26. The molecule has 3 aromatic rings. The van der Waals surface area contributed by atoms with Crippen LogP contribution in [-0.2, 0) is 0 Å². The fraction of sp³-hybridized carbons (Fsp3) is 0.0625. The topological polar surface area (TPSA) is 55.5 Å². The number of rotatable bonds is 3. The van der Waals surface area contributed by atoms with E-state index in [9.17, 15) is 18.3 Å². The zero-order chi connectivity index (χ0) is 16.4. The average Bonchev–Trinajstić information content (AvgIpc) is 2.97. The molecule has 4 nitrogen and oxygen atoms in total. The molecule has 0 spiro atoms. The third kappa shape index (κ3) is 3.63. The maximum absolute atomic E-state index is 12.1. The summed E-state index contributed by atoms with van der Waals surface area (Å²) in [5.41, 5.74) is 1.81. The number of alkyl halides is 3. The molecule has 1 aromatic heterocycles. The van der Waals surface area contributed by atoms with E-state index in [0.29, 0.717) is 11.3 Å². The predicted molar refractivity (Wildman–Crippen MR) is 75.7 cm³/mol. The van der Waals surface area contributed by atoms with Crippen molar-refractivity contribution >= 4 is 0 Å². The van der Waals surface area contributed by atoms with Gasteiger partial charge in [0.15, 0.2) is 0 Å².